The van der Waals surface area contributed by atoms with Crippen LogP contribution >= 0.6 is 23.5 Å². The van der Waals surface area contributed by atoms with Crippen LogP contribution in [-0.2, 0) is 19.0 Å². The van der Waals surface area contributed by atoms with Crippen molar-refractivity contribution >= 4 is 29.5 Å². The Bertz CT molecular complexity index is 418. The lowest BCUT2D eigenvalue weighted by Crippen LogP contribution is -2.38. The molecule has 2 aliphatic heterocycles. The van der Waals surface area contributed by atoms with Crippen molar-refractivity contribution in [2.75, 3.05) is 25.2 Å². The van der Waals surface area contributed by atoms with Gasteiger partial charge in [-0.1, -0.05) is 6.08 Å². The van der Waals surface area contributed by atoms with Gasteiger partial charge in [0.05, 0.1) is 23.5 Å². The van der Waals surface area contributed by atoms with E-state index in [1.54, 1.807) is 0 Å². The van der Waals surface area contributed by atoms with E-state index in [2.05, 4.69) is 6.58 Å². The summed E-state index contributed by atoms with van der Waals surface area (Å²) in [5.41, 5.74) is 0.593. The van der Waals surface area contributed by atoms with Crippen LogP contribution in [0, 0.1) is 11.8 Å². The molecule has 0 aliphatic carbocycles. The fourth-order valence-corrected chi connectivity index (χ4v) is 5.77. The zero-order valence-electron chi connectivity index (χ0n) is 13.2. The van der Waals surface area contributed by atoms with Gasteiger partial charge in [-0.3, -0.25) is 0 Å². The van der Waals surface area contributed by atoms with Gasteiger partial charge >= 0.3 is 5.97 Å². The summed E-state index contributed by atoms with van der Waals surface area (Å²) in [6.45, 7) is 6.43. The molecule has 3 atom stereocenters. The van der Waals surface area contributed by atoms with Gasteiger partial charge in [0.15, 0.2) is 0 Å². The number of hydrogen-bond donors (Lipinski definition) is 0. The molecule has 2 heterocycles. The van der Waals surface area contributed by atoms with E-state index in [-0.39, 0.29) is 24.1 Å². The predicted molar refractivity (Wildman–Crippen MR) is 91.7 cm³/mol. The van der Waals surface area contributed by atoms with Crippen LogP contribution in [0.3, 0.4) is 0 Å². The van der Waals surface area contributed by atoms with E-state index in [1.807, 2.05) is 36.5 Å². The monoisotopic (exact) mass is 344 g/mol. The Morgan fingerprint density at radius 2 is 2.23 bits per heavy atom. The van der Waals surface area contributed by atoms with E-state index in [0.717, 1.165) is 6.42 Å². The van der Waals surface area contributed by atoms with Crippen LogP contribution in [0.5, 0.6) is 0 Å². The molecule has 22 heavy (non-hydrogen) atoms. The Morgan fingerprint density at radius 3 is 2.82 bits per heavy atom. The van der Waals surface area contributed by atoms with E-state index in [0.29, 0.717) is 16.8 Å². The fraction of sp³-hybridized carbons (Fsp3) is 0.688. The average Bonchev–Trinajstić information content (AvgIpc) is 2.56. The summed E-state index contributed by atoms with van der Waals surface area (Å²) in [6, 6.07) is 0. The van der Waals surface area contributed by atoms with Gasteiger partial charge in [-0.2, -0.15) is 0 Å². The SMILES string of the molecule is C=C[C@H]1[C@H](OCC)OC=C(C(=O)OC)[C@H]1CC1SCCCS1. The Labute approximate surface area is 141 Å². The largest absolute Gasteiger partial charge is 0.471 e. The minimum absolute atomic E-state index is 0.0262. The maximum absolute atomic E-state index is 12.1. The molecule has 0 amide bonds. The van der Waals surface area contributed by atoms with Crippen molar-refractivity contribution < 1.29 is 19.0 Å². The van der Waals surface area contributed by atoms with Gasteiger partial charge in [-0.25, -0.2) is 4.79 Å². The Balaban J connectivity index is 2.18. The molecule has 2 aliphatic rings. The topological polar surface area (TPSA) is 44.8 Å². The zero-order chi connectivity index (χ0) is 15.9. The first kappa shape index (κ1) is 17.8. The third-order valence-electron chi connectivity index (χ3n) is 3.87. The Kier molecular flexibility index (Phi) is 7.18. The number of carbonyl (C=O) groups excluding carboxylic acids is 1. The first-order valence-corrected chi connectivity index (χ1v) is 9.72. The van der Waals surface area contributed by atoms with Crippen molar-refractivity contribution in [3.63, 3.8) is 0 Å². The number of ether oxygens (including phenoxy) is 3. The molecule has 0 aromatic carbocycles. The normalized spacial score (nSPS) is 29.4. The summed E-state index contributed by atoms with van der Waals surface area (Å²) in [6.07, 6.45) is 5.15. The number of methoxy groups -OCH3 is 1. The summed E-state index contributed by atoms with van der Waals surface area (Å²) in [4.78, 5) is 12.1. The second kappa shape index (κ2) is 8.89. The van der Waals surface area contributed by atoms with Crippen molar-refractivity contribution in [2.45, 2.75) is 30.6 Å². The van der Waals surface area contributed by atoms with Gasteiger partial charge in [0.1, 0.15) is 0 Å². The molecular formula is C16H24O4S2. The summed E-state index contributed by atoms with van der Waals surface area (Å²) in [5.74, 6) is 2.04. The standard InChI is InChI=1S/C16H24O4S2/c1-4-11-12(9-14-21-7-6-8-22-14)13(15(17)18-3)10-20-16(11)19-5-2/h4,10-12,14,16H,1,5-9H2,2-3H3/t11-,12+,16-/m1/s1. The highest BCUT2D eigenvalue weighted by atomic mass is 32.2. The molecule has 0 aromatic heterocycles. The zero-order valence-corrected chi connectivity index (χ0v) is 14.8. The van der Waals surface area contributed by atoms with Crippen molar-refractivity contribution in [1.29, 1.82) is 0 Å². The molecule has 1 fully saturated rings. The molecule has 2 rings (SSSR count). The minimum Gasteiger partial charge on any atom is -0.471 e. The molecule has 0 unspecified atom stereocenters. The number of rotatable bonds is 6. The molecule has 0 N–H and O–H groups in total. The highest BCUT2D eigenvalue weighted by Gasteiger charge is 2.40. The van der Waals surface area contributed by atoms with Gasteiger partial charge in [-0.15, -0.1) is 30.1 Å². The maximum Gasteiger partial charge on any atom is 0.337 e. The molecule has 1 saturated heterocycles. The van der Waals surface area contributed by atoms with E-state index in [9.17, 15) is 4.79 Å². The summed E-state index contributed by atoms with van der Waals surface area (Å²) in [5, 5.41) is 0. The maximum atomic E-state index is 12.1. The van der Waals surface area contributed by atoms with Crippen LogP contribution in [0.2, 0.25) is 0 Å². The first-order chi connectivity index (χ1) is 10.7. The highest BCUT2D eigenvalue weighted by Crippen LogP contribution is 2.42. The van der Waals surface area contributed by atoms with E-state index in [1.165, 1.54) is 31.3 Å². The van der Waals surface area contributed by atoms with E-state index < -0.39 is 0 Å². The minimum atomic E-state index is -0.375. The third-order valence-corrected chi connectivity index (χ3v) is 6.87. The molecule has 0 saturated carbocycles. The van der Waals surface area contributed by atoms with Gasteiger partial charge in [0, 0.05) is 18.4 Å². The molecule has 0 spiro atoms. The van der Waals surface area contributed by atoms with E-state index >= 15 is 0 Å². The summed E-state index contributed by atoms with van der Waals surface area (Å²) >= 11 is 3.95. The average molecular weight is 344 g/mol. The van der Waals surface area contributed by atoms with Gasteiger partial charge in [0.2, 0.25) is 6.29 Å². The molecule has 124 valence electrons. The number of hydrogen-bond acceptors (Lipinski definition) is 6. The second-order valence-corrected chi connectivity index (χ2v) is 8.12. The summed E-state index contributed by atoms with van der Waals surface area (Å²) in [7, 11) is 1.40. The van der Waals surface area contributed by atoms with Gasteiger partial charge in [-0.05, 0) is 31.3 Å². The van der Waals surface area contributed by atoms with Crippen LogP contribution in [0.15, 0.2) is 24.5 Å². The van der Waals surface area contributed by atoms with Crippen molar-refractivity contribution in [3.05, 3.63) is 24.5 Å². The number of esters is 1. The number of thioether (sulfide) groups is 2. The molecule has 0 bridgehead atoms. The lowest BCUT2D eigenvalue weighted by Gasteiger charge is -2.37. The molecule has 0 radical (unpaired) electrons. The highest BCUT2D eigenvalue weighted by molar-refractivity contribution is 8.17. The fourth-order valence-electron chi connectivity index (χ4n) is 2.79. The summed E-state index contributed by atoms with van der Waals surface area (Å²) < 4.78 is 16.7. The smallest absolute Gasteiger partial charge is 0.337 e. The van der Waals surface area contributed by atoms with Crippen molar-refractivity contribution in [1.82, 2.24) is 0 Å². The van der Waals surface area contributed by atoms with Gasteiger partial charge < -0.3 is 14.2 Å². The lowest BCUT2D eigenvalue weighted by atomic mass is 9.82. The Morgan fingerprint density at radius 1 is 1.50 bits per heavy atom. The van der Waals surface area contributed by atoms with Crippen molar-refractivity contribution in [2.24, 2.45) is 11.8 Å². The quantitative estimate of drug-likeness (QED) is 0.543. The third kappa shape index (κ3) is 4.24. The van der Waals surface area contributed by atoms with Crippen LogP contribution < -0.4 is 0 Å². The molecule has 4 nitrogen and oxygen atoms in total. The van der Waals surface area contributed by atoms with Crippen LogP contribution in [-0.4, -0.2) is 42.1 Å². The first-order valence-electron chi connectivity index (χ1n) is 7.62. The van der Waals surface area contributed by atoms with Crippen LogP contribution in [0.1, 0.15) is 19.8 Å². The van der Waals surface area contributed by atoms with Crippen molar-refractivity contribution in [3.8, 4) is 0 Å². The predicted octanol–water partition coefficient (Wildman–Crippen LogP) is 3.44. The van der Waals surface area contributed by atoms with Gasteiger partial charge in [0.25, 0.3) is 0 Å². The Hall–Kier alpha value is -0.590. The molecule has 6 heteroatoms. The van der Waals surface area contributed by atoms with Crippen LogP contribution in [0.4, 0.5) is 0 Å². The molecule has 0 aromatic rings. The van der Waals surface area contributed by atoms with E-state index in [4.69, 9.17) is 14.2 Å². The lowest BCUT2D eigenvalue weighted by molar-refractivity contribution is -0.153. The number of carbonyl (C=O) groups is 1. The van der Waals surface area contributed by atoms with Crippen LogP contribution in [0.25, 0.3) is 0 Å². The second-order valence-electron chi connectivity index (χ2n) is 5.20. The molecular weight excluding hydrogens is 320 g/mol.